The molecule has 16 heavy (non-hydrogen) atoms. The quantitative estimate of drug-likeness (QED) is 0.624. The molecule has 3 aliphatic rings. The molecule has 80 valence electrons. The van der Waals surface area contributed by atoms with Crippen molar-refractivity contribution in [1.82, 2.24) is 5.32 Å². The van der Waals surface area contributed by atoms with Crippen LogP contribution in [0, 0.1) is 0 Å². The van der Waals surface area contributed by atoms with Gasteiger partial charge in [-0.15, -0.1) is 0 Å². The average Bonchev–Trinajstić information content (AvgIpc) is 2.32. The Hall–Kier alpha value is -1.87. The van der Waals surface area contributed by atoms with E-state index in [0.29, 0.717) is 5.57 Å². The molecule has 0 aromatic heterocycles. The number of ketones is 1. The molecule has 2 N–H and O–H groups in total. The first-order valence-electron chi connectivity index (χ1n) is 5.23. The number of hydrogen-bond donors (Lipinski definition) is 2. The zero-order chi connectivity index (χ0) is 11.1. The van der Waals surface area contributed by atoms with Gasteiger partial charge >= 0.3 is 0 Å². The number of carbonyl (C=O) groups is 1. The fraction of sp³-hybridized carbons (Fsp3) is 0.154. The Morgan fingerprint density at radius 1 is 1.19 bits per heavy atom. The minimum absolute atomic E-state index is 0.147. The third-order valence-electron chi connectivity index (χ3n) is 2.98. The highest BCUT2D eigenvalue weighted by molar-refractivity contribution is 5.98. The van der Waals surface area contributed by atoms with Crippen molar-refractivity contribution in [3.63, 3.8) is 0 Å². The highest BCUT2D eigenvalue weighted by Crippen LogP contribution is 2.27. The molecule has 3 nitrogen and oxygen atoms in total. The summed E-state index contributed by atoms with van der Waals surface area (Å²) in [6.07, 6.45) is 12.0. The number of allylic oxidation sites excluding steroid dienone is 3. The van der Waals surface area contributed by atoms with Gasteiger partial charge in [-0.05, 0) is 23.8 Å². The lowest BCUT2D eigenvalue weighted by Crippen LogP contribution is -2.37. The average molecular weight is 213 g/mol. The summed E-state index contributed by atoms with van der Waals surface area (Å²) in [5.41, 5.74) is 2.57. The first-order chi connectivity index (χ1) is 7.75. The van der Waals surface area contributed by atoms with Crippen LogP contribution in [-0.2, 0) is 4.79 Å². The predicted molar refractivity (Wildman–Crippen MR) is 60.5 cm³/mol. The largest absolute Gasteiger partial charge is 0.380 e. The number of rotatable bonds is 0. The van der Waals surface area contributed by atoms with E-state index in [-0.39, 0.29) is 11.8 Å². The molecule has 0 amide bonds. The van der Waals surface area contributed by atoms with E-state index in [0.717, 1.165) is 11.3 Å². The molecule has 0 saturated carbocycles. The lowest BCUT2D eigenvalue weighted by molar-refractivity contribution is -0.120. The Bertz CT molecular complexity index is 506. The Morgan fingerprint density at radius 3 is 2.94 bits per heavy atom. The number of carbonyl (C=O) groups excluding carboxylic acids is 1. The van der Waals surface area contributed by atoms with Crippen LogP contribution in [0.15, 0.2) is 59.4 Å². The summed E-state index contributed by atoms with van der Waals surface area (Å²) >= 11 is 0. The normalized spacial score (nSPS) is 30.8. The van der Waals surface area contributed by atoms with Crippen molar-refractivity contribution in [2.75, 3.05) is 0 Å². The topological polar surface area (TPSA) is 49.3 Å². The van der Waals surface area contributed by atoms with Gasteiger partial charge in [0, 0.05) is 11.3 Å². The molecule has 3 rings (SSSR count). The first kappa shape index (κ1) is 9.36. The van der Waals surface area contributed by atoms with Gasteiger partial charge < -0.3 is 10.4 Å². The minimum atomic E-state index is -1.03. The minimum Gasteiger partial charge on any atom is -0.380 e. The molecule has 0 aromatic carbocycles. The Labute approximate surface area is 93.2 Å². The van der Waals surface area contributed by atoms with Gasteiger partial charge in [0.05, 0.1) is 6.04 Å². The molecule has 3 heteroatoms. The number of hydrogen-bond acceptors (Lipinski definition) is 3. The van der Waals surface area contributed by atoms with Gasteiger partial charge in [-0.3, -0.25) is 4.79 Å². The Balaban J connectivity index is 2.06. The maximum atomic E-state index is 11.3. The van der Waals surface area contributed by atoms with Gasteiger partial charge in [0.25, 0.3) is 0 Å². The first-order valence-corrected chi connectivity index (χ1v) is 5.23. The van der Waals surface area contributed by atoms with Gasteiger partial charge in [-0.25, -0.2) is 0 Å². The van der Waals surface area contributed by atoms with E-state index in [1.165, 1.54) is 6.08 Å². The van der Waals surface area contributed by atoms with Crippen molar-refractivity contribution in [2.45, 2.75) is 12.1 Å². The number of aliphatic hydroxyl groups is 1. The second-order valence-electron chi connectivity index (χ2n) is 4.02. The van der Waals surface area contributed by atoms with Gasteiger partial charge in [0.2, 0.25) is 0 Å². The van der Waals surface area contributed by atoms with E-state index in [1.54, 1.807) is 6.08 Å². The van der Waals surface area contributed by atoms with Crippen molar-refractivity contribution < 1.29 is 9.90 Å². The molecule has 2 unspecified atom stereocenters. The molecule has 0 aromatic rings. The summed E-state index contributed by atoms with van der Waals surface area (Å²) in [5.74, 6) is -0.258. The molecule has 1 aliphatic heterocycles. The second kappa shape index (κ2) is 3.32. The summed E-state index contributed by atoms with van der Waals surface area (Å²) in [4.78, 5) is 11.3. The van der Waals surface area contributed by atoms with Crippen LogP contribution in [0.5, 0.6) is 0 Å². The third-order valence-corrected chi connectivity index (χ3v) is 2.98. The smallest absolute Gasteiger partial charge is 0.188 e. The summed E-state index contributed by atoms with van der Waals surface area (Å²) < 4.78 is 0. The fourth-order valence-electron chi connectivity index (χ4n) is 2.11. The second-order valence-corrected chi connectivity index (χ2v) is 4.02. The monoisotopic (exact) mass is 213 g/mol. The molecule has 0 fully saturated rings. The summed E-state index contributed by atoms with van der Waals surface area (Å²) in [6, 6.07) is 0.147. The molecule has 0 bridgehead atoms. The van der Waals surface area contributed by atoms with Gasteiger partial charge in [0.1, 0.15) is 6.10 Å². The van der Waals surface area contributed by atoms with Crippen molar-refractivity contribution in [3.05, 3.63) is 59.4 Å². The number of fused-ring (bicyclic) bond motifs is 1. The van der Waals surface area contributed by atoms with Crippen LogP contribution in [0.4, 0.5) is 0 Å². The standard InChI is InChI=1S/C13H11NO2/c15-12-6-5-11-9(13(12)16)7-8-3-1-2-4-10(8)14-11/h1-7,10,13-14,16H. The Kier molecular flexibility index (Phi) is 1.94. The van der Waals surface area contributed by atoms with E-state index < -0.39 is 6.10 Å². The molecule has 2 aliphatic carbocycles. The van der Waals surface area contributed by atoms with E-state index in [2.05, 4.69) is 5.32 Å². The zero-order valence-electron chi connectivity index (χ0n) is 8.55. The molecule has 0 saturated heterocycles. The predicted octanol–water partition coefficient (Wildman–Crippen LogP) is 0.764. The van der Waals surface area contributed by atoms with Gasteiger partial charge in [0.15, 0.2) is 5.78 Å². The third kappa shape index (κ3) is 1.29. The summed E-state index contributed by atoms with van der Waals surface area (Å²) in [5, 5.41) is 13.1. The molecule has 2 atom stereocenters. The van der Waals surface area contributed by atoms with Crippen LogP contribution in [0.2, 0.25) is 0 Å². The van der Waals surface area contributed by atoms with E-state index in [1.807, 2.05) is 30.4 Å². The molecule has 0 radical (unpaired) electrons. The lowest BCUT2D eigenvalue weighted by Gasteiger charge is -2.30. The summed E-state index contributed by atoms with van der Waals surface area (Å²) in [7, 11) is 0. The van der Waals surface area contributed by atoms with Gasteiger partial charge in [-0.2, -0.15) is 0 Å². The van der Waals surface area contributed by atoms with Crippen LogP contribution in [0.3, 0.4) is 0 Å². The number of nitrogens with one attached hydrogen (secondary N) is 1. The van der Waals surface area contributed by atoms with Crippen LogP contribution in [-0.4, -0.2) is 23.0 Å². The van der Waals surface area contributed by atoms with E-state index in [4.69, 9.17) is 0 Å². The highest BCUT2D eigenvalue weighted by atomic mass is 16.3. The molecular weight excluding hydrogens is 202 g/mol. The lowest BCUT2D eigenvalue weighted by atomic mass is 9.88. The van der Waals surface area contributed by atoms with Crippen molar-refractivity contribution >= 4 is 5.78 Å². The highest BCUT2D eigenvalue weighted by Gasteiger charge is 2.28. The van der Waals surface area contributed by atoms with Crippen molar-refractivity contribution in [2.24, 2.45) is 0 Å². The van der Waals surface area contributed by atoms with E-state index in [9.17, 15) is 9.90 Å². The molecule has 1 heterocycles. The SMILES string of the molecule is O=C1C=CC2=C(C=C3C=CC=CC3N2)C1O. The molecular formula is C13H11NO2. The van der Waals surface area contributed by atoms with Crippen LogP contribution < -0.4 is 5.32 Å². The van der Waals surface area contributed by atoms with Crippen molar-refractivity contribution in [3.8, 4) is 0 Å². The van der Waals surface area contributed by atoms with Crippen LogP contribution in [0.25, 0.3) is 0 Å². The maximum Gasteiger partial charge on any atom is 0.188 e. The Morgan fingerprint density at radius 2 is 2.06 bits per heavy atom. The van der Waals surface area contributed by atoms with E-state index >= 15 is 0 Å². The zero-order valence-corrected chi connectivity index (χ0v) is 8.55. The van der Waals surface area contributed by atoms with Crippen molar-refractivity contribution in [1.29, 1.82) is 0 Å². The fourth-order valence-corrected chi connectivity index (χ4v) is 2.11. The molecule has 0 spiro atoms. The van der Waals surface area contributed by atoms with Crippen LogP contribution in [0.1, 0.15) is 0 Å². The van der Waals surface area contributed by atoms with Crippen LogP contribution >= 0.6 is 0 Å². The maximum absolute atomic E-state index is 11.3. The summed E-state index contributed by atoms with van der Waals surface area (Å²) in [6.45, 7) is 0. The number of dihydropyridines is 1. The van der Waals surface area contributed by atoms with Gasteiger partial charge in [-0.1, -0.05) is 24.3 Å². The number of aliphatic hydroxyl groups excluding tert-OH is 1.